The molecule has 4 unspecified atom stereocenters. The molecule has 3 fully saturated rings. The van der Waals surface area contributed by atoms with Gasteiger partial charge in [-0.15, -0.1) is 0 Å². The highest BCUT2D eigenvalue weighted by atomic mass is 19.1. The fraction of sp³-hybridized carbons (Fsp3) is 0.500. The van der Waals surface area contributed by atoms with Gasteiger partial charge in [0.05, 0.1) is 17.8 Å². The molecule has 1 saturated heterocycles. The number of fused-ring (bicyclic) bond motifs is 2. The molecule has 0 radical (unpaired) electrons. The third-order valence-electron chi connectivity index (χ3n) is 9.07. The second-order valence-corrected chi connectivity index (χ2v) is 11.9. The molecule has 0 bridgehead atoms. The molecule has 1 aliphatic heterocycles. The molecule has 212 valence electrons. The second kappa shape index (κ2) is 11.3. The van der Waals surface area contributed by atoms with E-state index < -0.39 is 0 Å². The Balaban J connectivity index is 1.21. The van der Waals surface area contributed by atoms with Crippen LogP contribution in [0.2, 0.25) is 0 Å². The van der Waals surface area contributed by atoms with Crippen LogP contribution in [0.4, 0.5) is 4.39 Å². The summed E-state index contributed by atoms with van der Waals surface area (Å²) in [5.74, 6) is 0.684. The summed E-state index contributed by atoms with van der Waals surface area (Å²) in [6.07, 6.45) is 9.14. The minimum Gasteiger partial charge on any atom is -0.347 e. The van der Waals surface area contributed by atoms with Crippen LogP contribution in [0, 0.1) is 17.7 Å². The molecular formula is C32H40FN5O2. The number of nitrogens with zero attached hydrogens (tertiary/aromatic N) is 1. The standard InChI is InChI=1S/C32H40FN5O2/c1-3-4-14-38-18-27(32(40)34-19(2)21-6-5-7-24(33)15-21)26-16-22(11-13-29(26)38)23-10-12-25-28(17-23)36-37-30(25)35-31(39)20-8-9-20/h5-7,11,13,15-16,18-20,23,25,28,30,36-37H,3-4,8-10,12,14,17H2,1-2H3,(H,34,40)(H,35,39)/t19-,23?,25?,28?,30?/m0/s1. The molecule has 2 heterocycles. The second-order valence-electron chi connectivity index (χ2n) is 11.9. The molecule has 2 saturated carbocycles. The van der Waals surface area contributed by atoms with Crippen molar-refractivity contribution in [3.63, 3.8) is 0 Å². The van der Waals surface area contributed by atoms with Crippen LogP contribution in [0.25, 0.3) is 10.9 Å². The number of amides is 2. The zero-order valence-electron chi connectivity index (χ0n) is 23.4. The van der Waals surface area contributed by atoms with Gasteiger partial charge < -0.3 is 15.2 Å². The number of carbonyl (C=O) groups excluding carboxylic acids is 2. The van der Waals surface area contributed by atoms with Gasteiger partial charge >= 0.3 is 0 Å². The van der Waals surface area contributed by atoms with Gasteiger partial charge in [0.15, 0.2) is 0 Å². The number of aromatic nitrogens is 1. The zero-order valence-corrected chi connectivity index (χ0v) is 23.4. The third kappa shape index (κ3) is 5.52. The number of hydrogen-bond donors (Lipinski definition) is 4. The lowest BCUT2D eigenvalue weighted by atomic mass is 9.75. The summed E-state index contributed by atoms with van der Waals surface area (Å²) in [4.78, 5) is 25.9. The van der Waals surface area contributed by atoms with Crippen LogP contribution in [-0.2, 0) is 11.3 Å². The van der Waals surface area contributed by atoms with Gasteiger partial charge in [-0.05, 0) is 86.8 Å². The summed E-state index contributed by atoms with van der Waals surface area (Å²) in [5, 5.41) is 7.26. The first-order valence-electron chi connectivity index (χ1n) is 14.9. The SMILES string of the molecule is CCCCn1cc(C(=O)N[C@@H](C)c2cccc(F)c2)c2cc(C3CCC4C(C3)NNC4NC(=O)C3CC3)ccc21. The van der Waals surface area contributed by atoms with Gasteiger partial charge in [-0.25, -0.2) is 9.82 Å². The lowest BCUT2D eigenvalue weighted by Gasteiger charge is -2.33. The average Bonchev–Trinajstić information content (AvgIpc) is 3.65. The molecule has 7 nitrogen and oxygen atoms in total. The van der Waals surface area contributed by atoms with Crippen LogP contribution < -0.4 is 21.5 Å². The minimum atomic E-state index is -0.315. The molecule has 2 aliphatic carbocycles. The number of benzene rings is 2. The number of rotatable bonds is 9. The first kappa shape index (κ1) is 27.0. The van der Waals surface area contributed by atoms with Crippen LogP contribution in [-0.4, -0.2) is 28.6 Å². The zero-order chi connectivity index (χ0) is 27.8. The summed E-state index contributed by atoms with van der Waals surface area (Å²) >= 11 is 0. The van der Waals surface area contributed by atoms with Crippen molar-refractivity contribution in [2.75, 3.05) is 0 Å². The maximum atomic E-state index is 13.8. The highest BCUT2D eigenvalue weighted by molar-refractivity contribution is 6.07. The van der Waals surface area contributed by atoms with Gasteiger partial charge in [-0.1, -0.05) is 31.5 Å². The maximum absolute atomic E-state index is 13.8. The molecule has 40 heavy (non-hydrogen) atoms. The first-order valence-corrected chi connectivity index (χ1v) is 14.9. The monoisotopic (exact) mass is 545 g/mol. The number of halogens is 1. The maximum Gasteiger partial charge on any atom is 0.253 e. The quantitative estimate of drug-likeness (QED) is 0.295. The Morgan fingerprint density at radius 3 is 2.73 bits per heavy atom. The van der Waals surface area contributed by atoms with E-state index in [2.05, 4.69) is 51.2 Å². The highest BCUT2D eigenvalue weighted by Crippen LogP contribution is 2.40. The Kier molecular flexibility index (Phi) is 7.64. The van der Waals surface area contributed by atoms with Gasteiger partial charge in [0, 0.05) is 41.5 Å². The van der Waals surface area contributed by atoms with Gasteiger partial charge in [0.25, 0.3) is 5.91 Å². The molecular weight excluding hydrogens is 505 g/mol. The van der Waals surface area contributed by atoms with Crippen molar-refractivity contribution in [3.05, 3.63) is 71.2 Å². The molecule has 8 heteroatoms. The van der Waals surface area contributed by atoms with Crippen LogP contribution in [0.15, 0.2) is 48.7 Å². The number of hydrogen-bond acceptors (Lipinski definition) is 4. The van der Waals surface area contributed by atoms with Crippen molar-refractivity contribution >= 4 is 22.7 Å². The Bertz CT molecular complexity index is 1400. The molecule has 4 N–H and O–H groups in total. The van der Waals surface area contributed by atoms with E-state index in [9.17, 15) is 14.0 Å². The number of unbranched alkanes of at least 4 members (excludes halogenated alkanes) is 1. The van der Waals surface area contributed by atoms with Crippen molar-refractivity contribution in [1.82, 2.24) is 26.1 Å². The van der Waals surface area contributed by atoms with Crippen molar-refractivity contribution in [2.24, 2.45) is 11.8 Å². The molecule has 2 aromatic carbocycles. The molecule has 1 aromatic heterocycles. The van der Waals surface area contributed by atoms with Crippen molar-refractivity contribution in [1.29, 1.82) is 0 Å². The topological polar surface area (TPSA) is 87.2 Å². The Morgan fingerprint density at radius 1 is 1.10 bits per heavy atom. The highest BCUT2D eigenvalue weighted by Gasteiger charge is 2.42. The van der Waals surface area contributed by atoms with E-state index in [1.165, 1.54) is 17.7 Å². The number of hydrazine groups is 1. The van der Waals surface area contributed by atoms with Crippen molar-refractivity contribution < 1.29 is 14.0 Å². The summed E-state index contributed by atoms with van der Waals surface area (Å²) in [6.45, 7) is 4.91. The minimum absolute atomic E-state index is 0.00972. The normalized spacial score (nSPS) is 25.0. The number of aryl methyl sites for hydroxylation is 1. The lowest BCUT2D eigenvalue weighted by Crippen LogP contribution is -2.47. The molecule has 2 amide bonds. The largest absolute Gasteiger partial charge is 0.347 e. The third-order valence-corrected chi connectivity index (χ3v) is 9.07. The Labute approximate surface area is 235 Å². The molecule has 3 aliphatic rings. The van der Waals surface area contributed by atoms with Gasteiger partial charge in [-0.3, -0.25) is 15.0 Å². The summed E-state index contributed by atoms with van der Waals surface area (Å²) in [7, 11) is 0. The van der Waals surface area contributed by atoms with E-state index in [-0.39, 0.29) is 35.8 Å². The van der Waals surface area contributed by atoms with Gasteiger partial charge in [0.2, 0.25) is 5.91 Å². The van der Waals surface area contributed by atoms with Crippen molar-refractivity contribution in [2.45, 2.75) is 89.5 Å². The first-order chi connectivity index (χ1) is 19.4. The van der Waals surface area contributed by atoms with Gasteiger partial charge in [0.1, 0.15) is 5.82 Å². The lowest BCUT2D eigenvalue weighted by molar-refractivity contribution is -0.123. The van der Waals surface area contributed by atoms with Crippen LogP contribution in [0.5, 0.6) is 0 Å². The van der Waals surface area contributed by atoms with Crippen molar-refractivity contribution in [3.8, 4) is 0 Å². The molecule has 6 rings (SSSR count). The summed E-state index contributed by atoms with van der Waals surface area (Å²) in [6, 6.07) is 13.0. The Hall–Kier alpha value is -3.23. The van der Waals surface area contributed by atoms with Gasteiger partial charge in [-0.2, -0.15) is 0 Å². The molecule has 3 aromatic rings. The van der Waals surface area contributed by atoms with E-state index in [1.54, 1.807) is 6.07 Å². The fourth-order valence-corrected chi connectivity index (χ4v) is 6.52. The predicted molar refractivity (Wildman–Crippen MR) is 154 cm³/mol. The van der Waals surface area contributed by atoms with E-state index >= 15 is 0 Å². The van der Waals surface area contributed by atoms with Crippen LogP contribution in [0.3, 0.4) is 0 Å². The predicted octanol–water partition coefficient (Wildman–Crippen LogP) is 5.28. The van der Waals surface area contributed by atoms with Crippen LogP contribution in [0.1, 0.15) is 92.2 Å². The summed E-state index contributed by atoms with van der Waals surface area (Å²) in [5.41, 5.74) is 10.5. The Morgan fingerprint density at radius 2 is 1.95 bits per heavy atom. The van der Waals surface area contributed by atoms with E-state index in [4.69, 9.17) is 0 Å². The average molecular weight is 546 g/mol. The van der Waals surface area contributed by atoms with E-state index in [0.29, 0.717) is 23.4 Å². The smallest absolute Gasteiger partial charge is 0.253 e. The van der Waals surface area contributed by atoms with Crippen LogP contribution >= 0.6 is 0 Å². The van der Waals surface area contributed by atoms with E-state index in [0.717, 1.165) is 68.0 Å². The number of carbonyl (C=O) groups is 2. The molecule has 5 atom stereocenters. The molecule has 0 spiro atoms. The fourth-order valence-electron chi connectivity index (χ4n) is 6.52. The summed E-state index contributed by atoms with van der Waals surface area (Å²) < 4.78 is 16.0. The number of nitrogens with one attached hydrogen (secondary N) is 4. The van der Waals surface area contributed by atoms with E-state index in [1.807, 2.05) is 19.2 Å².